The van der Waals surface area contributed by atoms with Gasteiger partial charge in [-0.15, -0.1) is 11.3 Å². The molecule has 10 heteroatoms. The number of carbonyl (C=O) groups is 3. The van der Waals surface area contributed by atoms with Crippen LogP contribution in [0.3, 0.4) is 0 Å². The van der Waals surface area contributed by atoms with Crippen molar-refractivity contribution in [2.75, 3.05) is 6.54 Å². The van der Waals surface area contributed by atoms with Gasteiger partial charge < -0.3 is 16.4 Å². The van der Waals surface area contributed by atoms with Crippen molar-refractivity contribution in [2.45, 2.75) is 18.9 Å². The third kappa shape index (κ3) is 5.74. The molecule has 0 saturated carbocycles. The molecule has 1 atom stereocenters. The lowest BCUT2D eigenvalue weighted by molar-refractivity contribution is -0.123. The molecule has 156 valence electrons. The maximum absolute atomic E-state index is 12.7. The van der Waals surface area contributed by atoms with Crippen molar-refractivity contribution in [2.24, 2.45) is 12.8 Å². The number of aryl methyl sites for hydroxylation is 1. The van der Waals surface area contributed by atoms with Crippen LogP contribution in [0.5, 0.6) is 0 Å². The first kappa shape index (κ1) is 21.2. The van der Waals surface area contributed by atoms with Crippen molar-refractivity contribution < 1.29 is 14.4 Å². The molecule has 9 nitrogen and oxygen atoms in total. The van der Waals surface area contributed by atoms with E-state index in [0.717, 1.165) is 11.1 Å². The van der Waals surface area contributed by atoms with E-state index in [4.69, 9.17) is 5.73 Å². The van der Waals surface area contributed by atoms with E-state index in [9.17, 15) is 14.4 Å². The largest absolute Gasteiger partial charge is 0.370 e. The third-order valence-corrected chi connectivity index (χ3v) is 5.16. The van der Waals surface area contributed by atoms with Crippen LogP contribution in [0, 0.1) is 0 Å². The van der Waals surface area contributed by atoms with Gasteiger partial charge in [-0.2, -0.15) is 5.10 Å². The van der Waals surface area contributed by atoms with Crippen LogP contribution in [-0.2, 0) is 23.1 Å². The van der Waals surface area contributed by atoms with Gasteiger partial charge in [-0.3, -0.25) is 19.1 Å². The van der Waals surface area contributed by atoms with Crippen molar-refractivity contribution in [3.63, 3.8) is 0 Å². The Bertz CT molecular complexity index is 1030. The van der Waals surface area contributed by atoms with Gasteiger partial charge in [-0.1, -0.05) is 30.3 Å². The van der Waals surface area contributed by atoms with Gasteiger partial charge in [0.2, 0.25) is 11.8 Å². The molecule has 0 aliphatic carbocycles. The van der Waals surface area contributed by atoms with Gasteiger partial charge in [-0.25, -0.2) is 4.98 Å². The summed E-state index contributed by atoms with van der Waals surface area (Å²) in [7, 11) is 1.80. The first-order chi connectivity index (χ1) is 14.4. The van der Waals surface area contributed by atoms with Crippen molar-refractivity contribution in [1.29, 1.82) is 0 Å². The number of benzene rings is 1. The molecule has 2 aromatic heterocycles. The van der Waals surface area contributed by atoms with E-state index in [2.05, 4.69) is 20.7 Å². The molecule has 0 saturated heterocycles. The molecule has 1 unspecified atom stereocenters. The Balaban J connectivity index is 1.71. The molecular formula is C20H22N6O3S. The fourth-order valence-corrected chi connectivity index (χ4v) is 3.54. The topological polar surface area (TPSA) is 132 Å². The van der Waals surface area contributed by atoms with Crippen LogP contribution in [-0.4, -0.2) is 45.1 Å². The van der Waals surface area contributed by atoms with Crippen molar-refractivity contribution in [1.82, 2.24) is 25.4 Å². The minimum atomic E-state index is -0.823. The van der Waals surface area contributed by atoms with Crippen LogP contribution in [0.4, 0.5) is 0 Å². The number of nitrogens with zero attached hydrogens (tertiary/aromatic N) is 3. The van der Waals surface area contributed by atoms with E-state index in [1.165, 1.54) is 11.3 Å². The number of hydrogen-bond donors (Lipinski definition) is 3. The van der Waals surface area contributed by atoms with E-state index in [-0.39, 0.29) is 18.7 Å². The summed E-state index contributed by atoms with van der Waals surface area (Å²) in [4.78, 5) is 40.6. The lowest BCUT2D eigenvalue weighted by atomic mass is 10.0. The first-order valence-electron chi connectivity index (χ1n) is 9.27. The predicted octanol–water partition coefficient (Wildman–Crippen LogP) is 0.876. The molecule has 0 aliphatic rings. The highest BCUT2D eigenvalue weighted by atomic mass is 32.1. The fourth-order valence-electron chi connectivity index (χ4n) is 2.77. The number of hydrogen-bond acceptors (Lipinski definition) is 6. The molecule has 4 N–H and O–H groups in total. The molecule has 0 bridgehead atoms. The molecule has 1 aromatic carbocycles. The van der Waals surface area contributed by atoms with Crippen LogP contribution < -0.4 is 16.4 Å². The van der Waals surface area contributed by atoms with Crippen LogP contribution >= 0.6 is 11.3 Å². The number of amides is 3. The average Bonchev–Trinajstić information content (AvgIpc) is 3.37. The Kier molecular flexibility index (Phi) is 6.91. The molecule has 0 spiro atoms. The van der Waals surface area contributed by atoms with Crippen molar-refractivity contribution in [3.8, 4) is 10.6 Å². The van der Waals surface area contributed by atoms with Gasteiger partial charge in [-0.05, 0) is 5.56 Å². The Hall–Kier alpha value is -3.53. The molecule has 30 heavy (non-hydrogen) atoms. The summed E-state index contributed by atoms with van der Waals surface area (Å²) >= 11 is 1.32. The molecule has 3 rings (SSSR count). The van der Waals surface area contributed by atoms with E-state index in [0.29, 0.717) is 11.4 Å². The second-order valence-electron chi connectivity index (χ2n) is 6.66. The zero-order valence-corrected chi connectivity index (χ0v) is 17.2. The van der Waals surface area contributed by atoms with Crippen molar-refractivity contribution >= 4 is 29.1 Å². The van der Waals surface area contributed by atoms with Gasteiger partial charge in [0.05, 0.1) is 6.20 Å². The third-order valence-electron chi connectivity index (χ3n) is 4.26. The summed E-state index contributed by atoms with van der Waals surface area (Å²) in [6.07, 6.45) is 3.81. The van der Waals surface area contributed by atoms with Crippen molar-refractivity contribution in [3.05, 3.63) is 59.4 Å². The highest BCUT2D eigenvalue weighted by Gasteiger charge is 2.23. The molecular weight excluding hydrogens is 404 g/mol. The maximum atomic E-state index is 12.7. The summed E-state index contributed by atoms with van der Waals surface area (Å²) in [5.74, 6) is -1.35. The van der Waals surface area contributed by atoms with Crippen LogP contribution in [0.1, 0.15) is 22.5 Å². The van der Waals surface area contributed by atoms with Crippen LogP contribution in [0.25, 0.3) is 10.6 Å². The number of primary amides is 1. The molecule has 0 fully saturated rings. The average molecular weight is 427 g/mol. The van der Waals surface area contributed by atoms with E-state index >= 15 is 0 Å². The number of carbonyl (C=O) groups excluding carboxylic acids is 3. The monoisotopic (exact) mass is 426 g/mol. The van der Waals surface area contributed by atoms with E-state index in [1.807, 2.05) is 36.5 Å². The Morgan fingerprint density at radius 1 is 1.23 bits per heavy atom. The van der Waals surface area contributed by atoms with Crippen LogP contribution in [0.2, 0.25) is 0 Å². The zero-order valence-electron chi connectivity index (χ0n) is 16.4. The molecule has 0 radical (unpaired) electrons. The number of nitrogens with two attached hydrogens (primary N) is 1. The molecule has 0 aliphatic heterocycles. The van der Waals surface area contributed by atoms with Gasteiger partial charge in [0, 0.05) is 43.6 Å². The lowest BCUT2D eigenvalue weighted by Gasteiger charge is -2.18. The summed E-state index contributed by atoms with van der Waals surface area (Å²) in [6, 6.07) is 8.52. The predicted molar refractivity (Wildman–Crippen MR) is 113 cm³/mol. The maximum Gasteiger partial charge on any atom is 0.271 e. The van der Waals surface area contributed by atoms with Gasteiger partial charge in [0.25, 0.3) is 5.91 Å². The number of aromatic nitrogens is 3. The normalized spacial score (nSPS) is 11.6. The van der Waals surface area contributed by atoms with Gasteiger partial charge >= 0.3 is 0 Å². The molecule has 3 amide bonds. The summed E-state index contributed by atoms with van der Waals surface area (Å²) < 4.78 is 1.66. The smallest absolute Gasteiger partial charge is 0.271 e. The number of nitrogens with one attached hydrogen (secondary N) is 2. The quantitative estimate of drug-likeness (QED) is 0.467. The van der Waals surface area contributed by atoms with Gasteiger partial charge in [0.15, 0.2) is 0 Å². The Labute approximate surface area is 177 Å². The molecule has 3 aromatic rings. The first-order valence-corrected chi connectivity index (χ1v) is 10.2. The Morgan fingerprint density at radius 2 is 2.00 bits per heavy atom. The summed E-state index contributed by atoms with van der Waals surface area (Å²) in [5.41, 5.74) is 7.04. The number of thiazole rings is 1. The summed E-state index contributed by atoms with van der Waals surface area (Å²) in [5, 5.41) is 11.8. The Morgan fingerprint density at radius 3 is 2.67 bits per heavy atom. The van der Waals surface area contributed by atoms with Gasteiger partial charge in [0.1, 0.15) is 16.7 Å². The van der Waals surface area contributed by atoms with Crippen LogP contribution in [0.15, 0.2) is 48.1 Å². The minimum Gasteiger partial charge on any atom is -0.370 e. The lowest BCUT2D eigenvalue weighted by Crippen LogP contribution is -2.48. The fraction of sp³-hybridized carbons (Fsp3) is 0.250. The van der Waals surface area contributed by atoms with E-state index < -0.39 is 23.8 Å². The second-order valence-corrected chi connectivity index (χ2v) is 7.52. The second kappa shape index (κ2) is 9.79. The SMILES string of the molecule is Cn1cc(-c2nc(C(=O)NC(Cc3ccccc3)C(=O)NCCC(N)=O)cs2)cn1. The summed E-state index contributed by atoms with van der Waals surface area (Å²) in [6.45, 7) is 0.108. The standard InChI is InChI=1S/C20H22N6O3S/c1-26-11-14(10-23-26)20-25-16(12-30-20)19(29)24-15(9-13-5-3-2-4-6-13)18(28)22-8-7-17(21)27/h2-6,10-12,15H,7-9H2,1H3,(H2,21,27)(H,22,28)(H,24,29). The van der Waals surface area contributed by atoms with E-state index in [1.54, 1.807) is 23.3 Å². The minimum absolute atomic E-state index is 0.0261. The highest BCUT2D eigenvalue weighted by molar-refractivity contribution is 7.13. The molecule has 2 heterocycles. The zero-order chi connectivity index (χ0) is 21.5. The highest BCUT2D eigenvalue weighted by Crippen LogP contribution is 2.23. The number of rotatable bonds is 9.